The third-order valence-electron chi connectivity index (χ3n) is 2.78. The second-order valence-electron chi connectivity index (χ2n) is 4.27. The van der Waals surface area contributed by atoms with Gasteiger partial charge < -0.3 is 20.1 Å². The van der Waals surface area contributed by atoms with Crippen molar-refractivity contribution >= 4 is 5.97 Å². The van der Waals surface area contributed by atoms with Gasteiger partial charge in [-0.3, -0.25) is 0 Å². The predicted molar refractivity (Wildman–Crippen MR) is 61.2 cm³/mol. The van der Waals surface area contributed by atoms with Crippen molar-refractivity contribution in [3.05, 3.63) is 12.2 Å². The molecule has 5 nitrogen and oxygen atoms in total. The highest BCUT2D eigenvalue weighted by Gasteiger charge is 2.30. The lowest BCUT2D eigenvalue weighted by Crippen LogP contribution is -2.41. The van der Waals surface area contributed by atoms with Gasteiger partial charge in [0.2, 0.25) is 0 Å². The van der Waals surface area contributed by atoms with Crippen molar-refractivity contribution in [3.63, 3.8) is 0 Å². The molecule has 0 aromatic carbocycles. The average molecular weight is 244 g/mol. The van der Waals surface area contributed by atoms with Crippen LogP contribution in [0.4, 0.5) is 0 Å². The second-order valence-corrected chi connectivity index (χ2v) is 4.27. The zero-order valence-corrected chi connectivity index (χ0v) is 9.95. The predicted octanol–water partition coefficient (Wildman–Crippen LogP) is 0.131. The first kappa shape index (κ1) is 14.2. The molecule has 0 amide bonds. The molecule has 0 aromatic heterocycles. The van der Waals surface area contributed by atoms with E-state index in [9.17, 15) is 20.1 Å². The molecule has 4 atom stereocenters. The minimum absolute atomic E-state index is 0.261. The maximum absolute atomic E-state index is 11.5. The number of rotatable bonds is 2. The first-order valence-corrected chi connectivity index (χ1v) is 5.97. The fraction of sp³-hybridized carbons (Fsp3) is 0.750. The summed E-state index contributed by atoms with van der Waals surface area (Å²) in [5.41, 5.74) is 0. The van der Waals surface area contributed by atoms with Gasteiger partial charge in [0.1, 0.15) is 18.3 Å². The number of ether oxygens (including phenoxy) is 1. The van der Waals surface area contributed by atoms with Gasteiger partial charge in [0.15, 0.2) is 6.10 Å². The number of allylic oxidation sites excluding steroid dienone is 1. The van der Waals surface area contributed by atoms with Crippen LogP contribution in [-0.4, -0.2) is 45.7 Å². The van der Waals surface area contributed by atoms with E-state index in [0.29, 0.717) is 19.3 Å². The monoisotopic (exact) mass is 244 g/mol. The Morgan fingerprint density at radius 3 is 2.76 bits per heavy atom. The zero-order chi connectivity index (χ0) is 12.8. The van der Waals surface area contributed by atoms with Crippen LogP contribution in [0, 0.1) is 0 Å². The van der Waals surface area contributed by atoms with Crippen molar-refractivity contribution < 1.29 is 24.9 Å². The standard InChI is InChI=1S/C12H20O5/c1-2-5-10-11(15)8(13)6-3-4-7-9(14)12(16)17-10/h3,6,8-11,13-15H,2,4-5,7H2,1H3/b6-3+/t8-,9+,10+,11-/m1/s1. The van der Waals surface area contributed by atoms with Crippen molar-refractivity contribution in [2.24, 2.45) is 0 Å². The number of esters is 1. The molecule has 1 aliphatic heterocycles. The molecule has 1 rings (SSSR count). The lowest BCUT2D eigenvalue weighted by Gasteiger charge is -2.27. The molecule has 3 N–H and O–H groups in total. The molecule has 0 saturated carbocycles. The molecule has 1 heterocycles. The number of aliphatic hydroxyl groups excluding tert-OH is 3. The molecule has 0 aliphatic carbocycles. The van der Waals surface area contributed by atoms with Gasteiger partial charge in [-0.05, 0) is 19.3 Å². The van der Waals surface area contributed by atoms with Gasteiger partial charge in [0.05, 0.1) is 0 Å². The average Bonchev–Trinajstić information content (AvgIpc) is 2.31. The van der Waals surface area contributed by atoms with E-state index < -0.39 is 30.4 Å². The largest absolute Gasteiger partial charge is 0.458 e. The Labute approximate surface area is 101 Å². The van der Waals surface area contributed by atoms with Crippen molar-refractivity contribution in [2.45, 2.75) is 57.0 Å². The smallest absolute Gasteiger partial charge is 0.335 e. The summed E-state index contributed by atoms with van der Waals surface area (Å²) in [6.07, 6.45) is 0.857. The number of hydrogen-bond donors (Lipinski definition) is 3. The summed E-state index contributed by atoms with van der Waals surface area (Å²) < 4.78 is 5.03. The molecular formula is C12H20O5. The van der Waals surface area contributed by atoms with Crippen molar-refractivity contribution in [1.29, 1.82) is 0 Å². The van der Waals surface area contributed by atoms with Crippen LogP contribution < -0.4 is 0 Å². The van der Waals surface area contributed by atoms with Gasteiger partial charge in [-0.2, -0.15) is 0 Å². The molecule has 0 radical (unpaired) electrons. The normalized spacial score (nSPS) is 37.3. The summed E-state index contributed by atoms with van der Waals surface area (Å²) in [5, 5.41) is 29.0. The van der Waals surface area contributed by atoms with Crippen molar-refractivity contribution in [1.82, 2.24) is 0 Å². The third kappa shape index (κ3) is 4.11. The van der Waals surface area contributed by atoms with E-state index in [1.165, 1.54) is 6.08 Å². The molecule has 0 spiro atoms. The Hall–Kier alpha value is -0.910. The summed E-state index contributed by atoms with van der Waals surface area (Å²) in [7, 11) is 0. The highest BCUT2D eigenvalue weighted by Crippen LogP contribution is 2.16. The number of carbonyl (C=O) groups is 1. The third-order valence-corrected chi connectivity index (χ3v) is 2.78. The van der Waals surface area contributed by atoms with Crippen LogP contribution >= 0.6 is 0 Å². The number of hydrogen-bond acceptors (Lipinski definition) is 5. The Morgan fingerprint density at radius 2 is 2.12 bits per heavy atom. The van der Waals surface area contributed by atoms with Gasteiger partial charge >= 0.3 is 5.97 Å². The van der Waals surface area contributed by atoms with Crippen molar-refractivity contribution in [2.75, 3.05) is 0 Å². The Bertz CT molecular complexity index is 276. The van der Waals surface area contributed by atoms with Gasteiger partial charge in [0.25, 0.3) is 0 Å². The molecule has 1 aliphatic rings. The van der Waals surface area contributed by atoms with Gasteiger partial charge in [-0.15, -0.1) is 0 Å². The first-order valence-electron chi connectivity index (χ1n) is 5.97. The number of aliphatic hydroxyl groups is 3. The topological polar surface area (TPSA) is 87.0 Å². The van der Waals surface area contributed by atoms with Crippen LogP contribution in [0.2, 0.25) is 0 Å². The van der Waals surface area contributed by atoms with Gasteiger partial charge in [-0.25, -0.2) is 4.79 Å². The van der Waals surface area contributed by atoms with E-state index in [0.717, 1.165) is 0 Å². The van der Waals surface area contributed by atoms with Crippen LogP contribution in [0.1, 0.15) is 32.6 Å². The van der Waals surface area contributed by atoms with Crippen LogP contribution in [-0.2, 0) is 9.53 Å². The summed E-state index contributed by atoms with van der Waals surface area (Å²) in [5.74, 6) is -0.731. The van der Waals surface area contributed by atoms with E-state index in [1.807, 2.05) is 6.92 Å². The van der Waals surface area contributed by atoms with Crippen LogP contribution in [0.15, 0.2) is 12.2 Å². The highest BCUT2D eigenvalue weighted by atomic mass is 16.6. The van der Waals surface area contributed by atoms with E-state index >= 15 is 0 Å². The zero-order valence-electron chi connectivity index (χ0n) is 9.95. The fourth-order valence-electron chi connectivity index (χ4n) is 1.75. The molecule has 0 aromatic rings. The second kappa shape index (κ2) is 6.74. The van der Waals surface area contributed by atoms with Crippen LogP contribution in [0.5, 0.6) is 0 Å². The maximum atomic E-state index is 11.5. The Balaban J connectivity index is 2.80. The fourth-order valence-corrected chi connectivity index (χ4v) is 1.75. The Morgan fingerprint density at radius 1 is 1.41 bits per heavy atom. The van der Waals surface area contributed by atoms with E-state index in [4.69, 9.17) is 4.74 Å². The molecule has 98 valence electrons. The van der Waals surface area contributed by atoms with E-state index in [1.54, 1.807) is 6.08 Å². The molecule has 0 saturated heterocycles. The minimum Gasteiger partial charge on any atom is -0.458 e. The first-order chi connectivity index (χ1) is 8.06. The van der Waals surface area contributed by atoms with Crippen LogP contribution in [0.25, 0.3) is 0 Å². The molecule has 0 unspecified atom stereocenters. The summed E-state index contributed by atoms with van der Waals surface area (Å²) in [4.78, 5) is 11.5. The lowest BCUT2D eigenvalue weighted by atomic mass is 10.0. The molecule has 17 heavy (non-hydrogen) atoms. The summed E-state index contributed by atoms with van der Waals surface area (Å²) in [6.45, 7) is 1.89. The lowest BCUT2D eigenvalue weighted by molar-refractivity contribution is -0.169. The van der Waals surface area contributed by atoms with Crippen molar-refractivity contribution in [3.8, 4) is 0 Å². The van der Waals surface area contributed by atoms with Gasteiger partial charge in [-0.1, -0.05) is 25.5 Å². The quantitative estimate of drug-likeness (QED) is 0.475. The summed E-state index contributed by atoms with van der Waals surface area (Å²) >= 11 is 0. The number of carbonyl (C=O) groups excluding carboxylic acids is 1. The minimum atomic E-state index is -1.17. The summed E-state index contributed by atoms with van der Waals surface area (Å²) in [6, 6.07) is 0. The molecular weight excluding hydrogens is 224 g/mol. The molecule has 0 fully saturated rings. The molecule has 5 heteroatoms. The molecule has 0 bridgehead atoms. The SMILES string of the molecule is CCC[C@@H]1OC(=O)[C@@H](O)CC/C=C/[C@@H](O)[C@H]1O. The van der Waals surface area contributed by atoms with E-state index in [2.05, 4.69) is 0 Å². The maximum Gasteiger partial charge on any atom is 0.335 e. The van der Waals surface area contributed by atoms with Crippen LogP contribution in [0.3, 0.4) is 0 Å². The highest BCUT2D eigenvalue weighted by molar-refractivity contribution is 5.74. The van der Waals surface area contributed by atoms with Gasteiger partial charge in [0, 0.05) is 0 Å². The Kier molecular flexibility index (Phi) is 5.61. The van der Waals surface area contributed by atoms with E-state index in [-0.39, 0.29) is 6.42 Å². The number of cyclic esters (lactones) is 1.